The van der Waals surface area contributed by atoms with Crippen molar-refractivity contribution in [2.45, 2.75) is 6.54 Å². The predicted octanol–water partition coefficient (Wildman–Crippen LogP) is 5.24. The highest BCUT2D eigenvalue weighted by Crippen LogP contribution is 2.32. The first kappa shape index (κ1) is 16.7. The highest BCUT2D eigenvalue weighted by molar-refractivity contribution is 9.10. The van der Waals surface area contributed by atoms with E-state index in [9.17, 15) is 9.59 Å². The molecular weight excluding hydrogens is 386 g/mol. The van der Waals surface area contributed by atoms with E-state index < -0.39 is 0 Å². The molecule has 0 N–H and O–H groups in total. The van der Waals surface area contributed by atoms with Crippen molar-refractivity contribution < 1.29 is 9.59 Å². The fraction of sp³-hybridized carbons (Fsp3) is 0.0526. The fourth-order valence-corrected chi connectivity index (χ4v) is 3.46. The number of thioether (sulfide) groups is 1. The fourth-order valence-electron chi connectivity index (χ4n) is 2.26. The van der Waals surface area contributed by atoms with Gasteiger partial charge in [-0.1, -0.05) is 76.6 Å². The van der Waals surface area contributed by atoms with E-state index in [-0.39, 0.29) is 17.7 Å². The van der Waals surface area contributed by atoms with Gasteiger partial charge in [0.1, 0.15) is 0 Å². The Morgan fingerprint density at radius 1 is 1.00 bits per heavy atom. The number of amides is 2. The number of imide groups is 1. The van der Waals surface area contributed by atoms with Crippen LogP contribution in [0, 0.1) is 0 Å². The first-order valence-corrected chi connectivity index (χ1v) is 8.96. The molecule has 1 aliphatic rings. The van der Waals surface area contributed by atoms with Crippen LogP contribution in [0.3, 0.4) is 0 Å². The summed E-state index contributed by atoms with van der Waals surface area (Å²) >= 11 is 4.42. The number of carbonyl (C=O) groups is 2. The van der Waals surface area contributed by atoms with E-state index in [4.69, 9.17) is 0 Å². The van der Waals surface area contributed by atoms with Crippen molar-refractivity contribution in [2.24, 2.45) is 0 Å². The Morgan fingerprint density at radius 3 is 2.46 bits per heavy atom. The van der Waals surface area contributed by atoms with Crippen molar-refractivity contribution in [3.63, 3.8) is 0 Å². The number of benzene rings is 2. The first-order chi connectivity index (χ1) is 11.6. The molecule has 0 unspecified atom stereocenters. The van der Waals surface area contributed by atoms with Crippen LogP contribution in [0.5, 0.6) is 0 Å². The molecule has 1 fully saturated rings. The second kappa shape index (κ2) is 7.64. The highest BCUT2D eigenvalue weighted by Gasteiger charge is 2.34. The predicted molar refractivity (Wildman–Crippen MR) is 101 cm³/mol. The highest BCUT2D eigenvalue weighted by atomic mass is 79.9. The number of nitrogens with zero attached hydrogens (tertiary/aromatic N) is 1. The van der Waals surface area contributed by atoms with Crippen molar-refractivity contribution in [3.8, 4) is 0 Å². The molecule has 0 spiro atoms. The first-order valence-electron chi connectivity index (χ1n) is 7.35. The molecule has 3 nitrogen and oxygen atoms in total. The molecule has 1 heterocycles. The standard InChI is InChI=1S/C19H14BrNO2S/c20-16-11-5-4-10-15(16)13-21-18(22)17(24-19(21)23)12-6-9-14-7-2-1-3-8-14/h1-12H,13H2/b9-6-,17-12+. The number of hydrogen-bond acceptors (Lipinski definition) is 3. The maximum atomic E-state index is 12.4. The summed E-state index contributed by atoms with van der Waals surface area (Å²) in [4.78, 5) is 26.3. The minimum Gasteiger partial charge on any atom is -0.268 e. The van der Waals surface area contributed by atoms with Gasteiger partial charge in [0.15, 0.2) is 0 Å². The molecule has 0 aliphatic carbocycles. The summed E-state index contributed by atoms with van der Waals surface area (Å²) in [6.07, 6.45) is 5.39. The Bertz CT molecular complexity index is 830. The lowest BCUT2D eigenvalue weighted by Crippen LogP contribution is -2.27. The third-order valence-corrected chi connectivity index (χ3v) is 5.19. The molecule has 2 amide bonds. The lowest BCUT2D eigenvalue weighted by Gasteiger charge is -2.13. The van der Waals surface area contributed by atoms with Gasteiger partial charge in [0.2, 0.25) is 0 Å². The maximum absolute atomic E-state index is 12.4. The van der Waals surface area contributed by atoms with Crippen molar-refractivity contribution >= 4 is 44.9 Å². The van der Waals surface area contributed by atoms with E-state index in [1.54, 1.807) is 12.2 Å². The SMILES string of the molecule is O=C1S/C(=C/C=C\c2ccccc2)C(=O)N1Cc1ccccc1Br. The number of rotatable bonds is 4. The lowest BCUT2D eigenvalue weighted by atomic mass is 10.2. The molecule has 0 saturated carbocycles. The molecule has 0 aromatic heterocycles. The molecule has 0 bridgehead atoms. The molecule has 2 aromatic rings. The number of allylic oxidation sites excluding steroid dienone is 2. The van der Waals surface area contributed by atoms with Gasteiger partial charge in [0, 0.05) is 4.47 Å². The molecule has 2 aromatic carbocycles. The summed E-state index contributed by atoms with van der Waals surface area (Å²) in [6.45, 7) is 0.270. The third kappa shape index (κ3) is 3.86. The Morgan fingerprint density at radius 2 is 1.71 bits per heavy atom. The van der Waals surface area contributed by atoms with Gasteiger partial charge in [0.25, 0.3) is 11.1 Å². The number of carbonyl (C=O) groups excluding carboxylic acids is 2. The number of halogens is 1. The molecular formula is C19H14BrNO2S. The van der Waals surface area contributed by atoms with Gasteiger partial charge in [-0.3, -0.25) is 14.5 Å². The Labute approximate surface area is 153 Å². The van der Waals surface area contributed by atoms with Crippen LogP contribution in [0.15, 0.2) is 76.1 Å². The van der Waals surface area contributed by atoms with Gasteiger partial charge in [-0.05, 0) is 35.0 Å². The van der Waals surface area contributed by atoms with Crippen molar-refractivity contribution in [1.82, 2.24) is 4.90 Å². The molecule has 1 saturated heterocycles. The molecule has 5 heteroatoms. The van der Waals surface area contributed by atoms with Crippen LogP contribution in [0.4, 0.5) is 4.79 Å². The van der Waals surface area contributed by atoms with E-state index in [2.05, 4.69) is 15.9 Å². The zero-order valence-electron chi connectivity index (χ0n) is 12.7. The summed E-state index contributed by atoms with van der Waals surface area (Å²) in [6, 6.07) is 17.4. The summed E-state index contributed by atoms with van der Waals surface area (Å²) < 4.78 is 0.886. The minimum absolute atomic E-state index is 0.241. The average molecular weight is 400 g/mol. The van der Waals surface area contributed by atoms with Gasteiger partial charge >= 0.3 is 0 Å². The van der Waals surface area contributed by atoms with Crippen LogP contribution < -0.4 is 0 Å². The van der Waals surface area contributed by atoms with E-state index >= 15 is 0 Å². The lowest BCUT2D eigenvalue weighted by molar-refractivity contribution is -0.123. The Kier molecular flexibility index (Phi) is 5.33. The van der Waals surface area contributed by atoms with Crippen LogP contribution in [0.1, 0.15) is 11.1 Å². The van der Waals surface area contributed by atoms with E-state index in [0.29, 0.717) is 4.91 Å². The van der Waals surface area contributed by atoms with Gasteiger partial charge in [0.05, 0.1) is 11.4 Å². The van der Waals surface area contributed by atoms with Crippen LogP contribution >= 0.6 is 27.7 Å². The third-order valence-electron chi connectivity index (χ3n) is 3.50. The summed E-state index contributed by atoms with van der Waals surface area (Å²) in [5.74, 6) is -0.251. The smallest absolute Gasteiger partial charge is 0.268 e. The second-order valence-corrected chi connectivity index (χ2v) is 7.00. The normalized spacial score (nSPS) is 16.5. The van der Waals surface area contributed by atoms with Crippen LogP contribution in [-0.4, -0.2) is 16.0 Å². The van der Waals surface area contributed by atoms with Crippen LogP contribution in [-0.2, 0) is 11.3 Å². The second-order valence-electron chi connectivity index (χ2n) is 5.15. The zero-order valence-corrected chi connectivity index (χ0v) is 15.1. The molecule has 3 rings (SSSR count). The quantitative estimate of drug-likeness (QED) is 0.659. The van der Waals surface area contributed by atoms with Crippen molar-refractivity contribution in [3.05, 3.63) is 87.3 Å². The minimum atomic E-state index is -0.251. The van der Waals surface area contributed by atoms with E-state index in [1.165, 1.54) is 4.90 Å². The Hall–Kier alpha value is -2.11. The molecule has 0 radical (unpaired) electrons. The monoisotopic (exact) mass is 399 g/mol. The summed E-state index contributed by atoms with van der Waals surface area (Å²) in [5, 5.41) is -0.241. The number of hydrogen-bond donors (Lipinski definition) is 0. The average Bonchev–Trinajstić information content (AvgIpc) is 2.85. The van der Waals surface area contributed by atoms with Crippen molar-refractivity contribution in [1.29, 1.82) is 0 Å². The van der Waals surface area contributed by atoms with Crippen molar-refractivity contribution in [2.75, 3.05) is 0 Å². The van der Waals surface area contributed by atoms with Gasteiger partial charge < -0.3 is 0 Å². The summed E-state index contributed by atoms with van der Waals surface area (Å²) in [5.41, 5.74) is 1.95. The summed E-state index contributed by atoms with van der Waals surface area (Å²) in [7, 11) is 0. The van der Waals surface area contributed by atoms with Crippen LogP contribution in [0.2, 0.25) is 0 Å². The van der Waals surface area contributed by atoms with Gasteiger partial charge in [-0.25, -0.2) is 0 Å². The maximum Gasteiger partial charge on any atom is 0.293 e. The molecule has 120 valence electrons. The molecule has 0 atom stereocenters. The topological polar surface area (TPSA) is 37.4 Å². The largest absolute Gasteiger partial charge is 0.293 e. The molecule has 24 heavy (non-hydrogen) atoms. The van der Waals surface area contributed by atoms with Crippen LogP contribution in [0.25, 0.3) is 6.08 Å². The zero-order chi connectivity index (χ0) is 16.9. The Balaban J connectivity index is 1.73. The van der Waals surface area contributed by atoms with Gasteiger partial charge in [-0.15, -0.1) is 0 Å². The van der Waals surface area contributed by atoms with E-state index in [1.807, 2.05) is 60.7 Å². The molecule has 1 aliphatic heterocycles. The van der Waals surface area contributed by atoms with Gasteiger partial charge in [-0.2, -0.15) is 0 Å². The van der Waals surface area contributed by atoms with E-state index in [0.717, 1.165) is 27.4 Å².